The molecule has 24 heavy (non-hydrogen) atoms. The Balaban J connectivity index is 1.74. The molecule has 3 rings (SSSR count). The lowest BCUT2D eigenvalue weighted by Crippen LogP contribution is -2.53. The molecule has 1 saturated heterocycles. The lowest BCUT2D eigenvalue weighted by Gasteiger charge is -2.39. The zero-order valence-corrected chi connectivity index (χ0v) is 13.9. The van der Waals surface area contributed by atoms with Crippen LogP contribution in [0.2, 0.25) is 0 Å². The van der Waals surface area contributed by atoms with Crippen molar-refractivity contribution in [1.29, 1.82) is 0 Å². The Kier molecular flexibility index (Phi) is 4.38. The first-order valence-corrected chi connectivity index (χ1v) is 8.03. The van der Waals surface area contributed by atoms with E-state index in [0.29, 0.717) is 31.7 Å². The molecule has 2 heterocycles. The Bertz CT molecular complexity index is 723. The fraction of sp³-hybridized carbons (Fsp3) is 0.389. The van der Waals surface area contributed by atoms with E-state index >= 15 is 0 Å². The molecule has 0 amide bonds. The summed E-state index contributed by atoms with van der Waals surface area (Å²) in [7, 11) is 0. The predicted octanol–water partition coefficient (Wildman–Crippen LogP) is 2.60. The molecule has 0 saturated carbocycles. The number of ether oxygens (including phenoxy) is 1. The molecule has 2 aromatic rings. The van der Waals surface area contributed by atoms with E-state index in [1.54, 1.807) is 6.07 Å². The first kappa shape index (κ1) is 16.2. The molecular weight excluding hydrogens is 306 g/mol. The zero-order chi connectivity index (χ0) is 17.2. The van der Waals surface area contributed by atoms with Gasteiger partial charge in [0.15, 0.2) is 5.82 Å². The van der Waals surface area contributed by atoms with Gasteiger partial charge in [0.1, 0.15) is 5.75 Å². The van der Waals surface area contributed by atoms with Crippen LogP contribution in [0.15, 0.2) is 36.4 Å². The molecule has 1 aromatic carbocycles. The molecule has 6 nitrogen and oxygen atoms in total. The van der Waals surface area contributed by atoms with Crippen molar-refractivity contribution in [1.82, 2.24) is 10.2 Å². The van der Waals surface area contributed by atoms with E-state index in [1.165, 1.54) is 0 Å². The highest BCUT2D eigenvalue weighted by molar-refractivity contribution is 5.78. The van der Waals surface area contributed by atoms with Crippen LogP contribution in [0, 0.1) is 13.8 Å². The fourth-order valence-electron chi connectivity index (χ4n) is 2.92. The molecule has 0 atom stereocenters. The van der Waals surface area contributed by atoms with Crippen LogP contribution in [0.5, 0.6) is 5.75 Å². The second-order valence-electron chi connectivity index (χ2n) is 6.24. The highest BCUT2D eigenvalue weighted by atomic mass is 16.5. The van der Waals surface area contributed by atoms with Gasteiger partial charge in [0.25, 0.3) is 0 Å². The van der Waals surface area contributed by atoms with Gasteiger partial charge in [-0.1, -0.05) is 12.1 Å². The summed E-state index contributed by atoms with van der Waals surface area (Å²) < 4.78 is 5.93. The van der Waals surface area contributed by atoms with E-state index < -0.39 is 11.6 Å². The molecule has 126 valence electrons. The molecule has 0 radical (unpaired) electrons. The number of piperidine rings is 1. The number of nitrogens with zero attached hydrogens (tertiary/aromatic N) is 3. The summed E-state index contributed by atoms with van der Waals surface area (Å²) in [5.74, 6) is 0.453. The van der Waals surface area contributed by atoms with E-state index in [1.807, 2.05) is 49.1 Å². The van der Waals surface area contributed by atoms with Crippen molar-refractivity contribution < 1.29 is 14.6 Å². The Morgan fingerprint density at radius 3 is 2.50 bits per heavy atom. The molecule has 0 aliphatic carbocycles. The van der Waals surface area contributed by atoms with E-state index in [0.717, 1.165) is 17.1 Å². The topological polar surface area (TPSA) is 75.6 Å². The van der Waals surface area contributed by atoms with Gasteiger partial charge >= 0.3 is 5.97 Å². The Hall–Kier alpha value is -2.63. The summed E-state index contributed by atoms with van der Waals surface area (Å²) in [6.45, 7) is 4.98. The third-order valence-corrected chi connectivity index (χ3v) is 4.37. The number of anilines is 1. The van der Waals surface area contributed by atoms with Crippen molar-refractivity contribution in [2.45, 2.75) is 32.3 Å². The van der Waals surface area contributed by atoms with Crippen LogP contribution < -0.4 is 9.64 Å². The van der Waals surface area contributed by atoms with Gasteiger partial charge in [0, 0.05) is 25.9 Å². The molecule has 1 aliphatic heterocycles. The van der Waals surface area contributed by atoms with Crippen LogP contribution in [0.1, 0.15) is 24.1 Å². The Morgan fingerprint density at radius 2 is 1.92 bits per heavy atom. The second-order valence-corrected chi connectivity index (χ2v) is 6.24. The van der Waals surface area contributed by atoms with E-state index in [4.69, 9.17) is 4.74 Å². The second kappa shape index (κ2) is 6.47. The zero-order valence-electron chi connectivity index (χ0n) is 13.9. The summed E-state index contributed by atoms with van der Waals surface area (Å²) in [5.41, 5.74) is 0.710. The minimum Gasteiger partial charge on any atom is -0.478 e. The number of rotatable bonds is 4. The van der Waals surface area contributed by atoms with Crippen LogP contribution in [0.25, 0.3) is 0 Å². The molecule has 6 heteroatoms. The lowest BCUT2D eigenvalue weighted by molar-refractivity contribution is -0.157. The number of benzene rings is 1. The van der Waals surface area contributed by atoms with Crippen LogP contribution in [0.3, 0.4) is 0 Å². The molecule has 0 spiro atoms. The molecule has 0 unspecified atom stereocenters. The van der Waals surface area contributed by atoms with Gasteiger partial charge < -0.3 is 14.7 Å². The molecule has 1 aliphatic rings. The monoisotopic (exact) mass is 327 g/mol. The van der Waals surface area contributed by atoms with E-state index in [2.05, 4.69) is 10.2 Å². The highest BCUT2D eigenvalue weighted by Gasteiger charge is 2.44. The average molecular weight is 327 g/mol. The third kappa shape index (κ3) is 3.32. The molecular formula is C18H21N3O3. The van der Waals surface area contributed by atoms with Crippen molar-refractivity contribution in [3.8, 4) is 5.75 Å². The number of carboxylic acids is 1. The number of hydrogen-bond acceptors (Lipinski definition) is 5. The minimum atomic E-state index is -1.19. The molecule has 1 N–H and O–H groups in total. The van der Waals surface area contributed by atoms with Gasteiger partial charge in [-0.3, -0.25) is 0 Å². The highest BCUT2D eigenvalue weighted by Crippen LogP contribution is 2.31. The summed E-state index contributed by atoms with van der Waals surface area (Å²) in [5, 5.41) is 18.0. The van der Waals surface area contributed by atoms with Gasteiger partial charge in [-0.2, -0.15) is 5.10 Å². The normalized spacial score (nSPS) is 16.7. The molecule has 1 aromatic heterocycles. The van der Waals surface area contributed by atoms with Gasteiger partial charge in [-0.25, -0.2) is 4.79 Å². The number of hydrogen-bond donors (Lipinski definition) is 1. The predicted molar refractivity (Wildman–Crippen MR) is 90.4 cm³/mol. The van der Waals surface area contributed by atoms with Crippen LogP contribution in [-0.4, -0.2) is 40.0 Å². The van der Waals surface area contributed by atoms with Crippen LogP contribution in [0.4, 0.5) is 5.82 Å². The summed E-state index contributed by atoms with van der Waals surface area (Å²) in [6.07, 6.45) is 0.789. The molecule has 0 bridgehead atoms. The van der Waals surface area contributed by atoms with Gasteiger partial charge in [0.05, 0.1) is 5.69 Å². The smallest absolute Gasteiger partial charge is 0.348 e. The SMILES string of the molecule is Cc1cccc(OC2(C(=O)O)CCN(c3ccc(C)nn3)CC2)c1. The number of carboxylic acid groups (broad SMARTS) is 1. The maximum absolute atomic E-state index is 11.9. The summed E-state index contributed by atoms with van der Waals surface area (Å²) in [6, 6.07) is 11.3. The average Bonchev–Trinajstić information content (AvgIpc) is 2.56. The largest absolute Gasteiger partial charge is 0.478 e. The van der Waals surface area contributed by atoms with Crippen molar-refractivity contribution in [2.75, 3.05) is 18.0 Å². The first-order valence-electron chi connectivity index (χ1n) is 8.03. The Morgan fingerprint density at radius 1 is 1.17 bits per heavy atom. The number of aryl methyl sites for hydroxylation is 2. The van der Waals surface area contributed by atoms with Crippen molar-refractivity contribution >= 4 is 11.8 Å². The van der Waals surface area contributed by atoms with Crippen LogP contribution >= 0.6 is 0 Å². The number of aromatic nitrogens is 2. The fourth-order valence-corrected chi connectivity index (χ4v) is 2.92. The third-order valence-electron chi connectivity index (χ3n) is 4.37. The van der Waals surface area contributed by atoms with Gasteiger partial charge in [-0.05, 0) is 43.7 Å². The maximum Gasteiger partial charge on any atom is 0.348 e. The van der Waals surface area contributed by atoms with E-state index in [9.17, 15) is 9.90 Å². The maximum atomic E-state index is 11.9. The summed E-state index contributed by atoms with van der Waals surface area (Å²) >= 11 is 0. The van der Waals surface area contributed by atoms with Crippen LogP contribution in [-0.2, 0) is 4.79 Å². The first-order chi connectivity index (χ1) is 11.5. The standard InChI is InChI=1S/C18H21N3O3/c1-13-4-3-5-15(12-13)24-18(17(22)23)8-10-21(11-9-18)16-7-6-14(2)19-20-16/h3-7,12H,8-11H2,1-2H3,(H,22,23). The lowest BCUT2D eigenvalue weighted by atomic mass is 9.91. The van der Waals surface area contributed by atoms with Crippen molar-refractivity contribution in [2.24, 2.45) is 0 Å². The quantitative estimate of drug-likeness (QED) is 0.930. The number of aliphatic carboxylic acids is 1. The number of carbonyl (C=O) groups is 1. The Labute approximate surface area is 141 Å². The molecule has 1 fully saturated rings. The van der Waals surface area contributed by atoms with Crippen molar-refractivity contribution in [3.05, 3.63) is 47.7 Å². The summed E-state index contributed by atoms with van der Waals surface area (Å²) in [4.78, 5) is 13.9. The van der Waals surface area contributed by atoms with E-state index in [-0.39, 0.29) is 0 Å². The minimum absolute atomic E-state index is 0.395. The van der Waals surface area contributed by atoms with Crippen molar-refractivity contribution in [3.63, 3.8) is 0 Å². The van der Waals surface area contributed by atoms with Gasteiger partial charge in [-0.15, -0.1) is 5.10 Å². The van der Waals surface area contributed by atoms with Gasteiger partial charge in [0.2, 0.25) is 5.60 Å².